The first kappa shape index (κ1) is 17.7. The van der Waals surface area contributed by atoms with Gasteiger partial charge in [-0.3, -0.25) is 0 Å². The van der Waals surface area contributed by atoms with Crippen LogP contribution in [0.1, 0.15) is 5.56 Å². The van der Waals surface area contributed by atoms with Gasteiger partial charge in [-0.25, -0.2) is 0 Å². The molecule has 1 aromatic carbocycles. The zero-order chi connectivity index (χ0) is 12.2. The van der Waals surface area contributed by atoms with Crippen LogP contribution in [0.25, 0.3) is 0 Å². The minimum Gasteiger partial charge on any atom is -0.445 e. The molecule has 0 radical (unpaired) electrons. The van der Waals surface area contributed by atoms with E-state index in [2.05, 4.69) is 6.58 Å². The summed E-state index contributed by atoms with van der Waals surface area (Å²) in [6.07, 6.45) is 0. The van der Waals surface area contributed by atoms with Gasteiger partial charge in [0.25, 0.3) is 0 Å². The normalized spacial score (nSPS) is 10.8. The van der Waals surface area contributed by atoms with Crippen molar-refractivity contribution in [3.63, 3.8) is 0 Å². The van der Waals surface area contributed by atoms with Gasteiger partial charge in [0.05, 0.1) is 6.61 Å². The Morgan fingerprint density at radius 1 is 1.29 bits per heavy atom. The second-order valence-corrected chi connectivity index (χ2v) is 3.72. The van der Waals surface area contributed by atoms with Crippen LogP contribution in [0, 0.1) is 0 Å². The first-order valence-corrected chi connectivity index (χ1v) is 4.98. The van der Waals surface area contributed by atoms with E-state index in [4.69, 9.17) is 16.3 Å². The summed E-state index contributed by atoms with van der Waals surface area (Å²) in [5.41, 5.74) is -0.182. The molecule has 0 aliphatic heterocycles. The predicted octanol–water partition coefficient (Wildman–Crippen LogP) is 0.803. The molecular formula is C10H10BClF3KO. The summed E-state index contributed by atoms with van der Waals surface area (Å²) in [6.45, 7) is -2.56. The Labute approximate surface area is 146 Å². The van der Waals surface area contributed by atoms with E-state index in [1.807, 2.05) is 0 Å². The van der Waals surface area contributed by atoms with Gasteiger partial charge < -0.3 is 17.7 Å². The second-order valence-electron chi connectivity index (χ2n) is 3.32. The summed E-state index contributed by atoms with van der Waals surface area (Å²) in [6, 6.07) is 6.84. The molecule has 0 bridgehead atoms. The predicted molar refractivity (Wildman–Crippen MR) is 59.3 cm³/mol. The van der Waals surface area contributed by atoms with Crippen LogP contribution in [0.5, 0.6) is 0 Å². The van der Waals surface area contributed by atoms with Gasteiger partial charge in [-0.2, -0.15) is 0 Å². The Kier molecular flexibility index (Phi) is 8.32. The molecule has 0 N–H and O–H groups in total. The number of hydrogen-bond donors (Lipinski definition) is 0. The fourth-order valence-electron chi connectivity index (χ4n) is 1.00. The van der Waals surface area contributed by atoms with Crippen LogP contribution in [0.4, 0.5) is 12.9 Å². The molecule has 0 saturated heterocycles. The maximum atomic E-state index is 12.1. The quantitative estimate of drug-likeness (QED) is 0.729. The maximum absolute atomic E-state index is 12.1. The van der Waals surface area contributed by atoms with Gasteiger partial charge in [-0.15, -0.1) is 12.1 Å². The Morgan fingerprint density at radius 3 is 2.41 bits per heavy atom. The largest absolute Gasteiger partial charge is 1.00 e. The van der Waals surface area contributed by atoms with E-state index >= 15 is 0 Å². The third-order valence-electron chi connectivity index (χ3n) is 1.97. The van der Waals surface area contributed by atoms with E-state index in [1.165, 1.54) is 0 Å². The zero-order valence-corrected chi connectivity index (χ0v) is 13.3. The van der Waals surface area contributed by atoms with Gasteiger partial charge in [-0.05, 0) is 11.6 Å². The van der Waals surface area contributed by atoms with Crippen molar-refractivity contribution in [3.8, 4) is 0 Å². The van der Waals surface area contributed by atoms with Gasteiger partial charge in [-0.1, -0.05) is 29.8 Å². The van der Waals surface area contributed by atoms with E-state index in [0.717, 1.165) is 0 Å². The van der Waals surface area contributed by atoms with Crippen molar-refractivity contribution in [1.82, 2.24) is 0 Å². The van der Waals surface area contributed by atoms with Gasteiger partial charge in [0.15, 0.2) is 0 Å². The molecule has 88 valence electrons. The molecule has 0 saturated carbocycles. The molecule has 0 atom stereocenters. The molecule has 0 amide bonds. The van der Waals surface area contributed by atoms with Crippen molar-refractivity contribution in [2.75, 3.05) is 6.61 Å². The van der Waals surface area contributed by atoms with Crippen LogP contribution in [0.3, 0.4) is 0 Å². The SMILES string of the molecule is C=C(COCc1ccccc1Cl)[B-](F)(F)F.[K+]. The number of hydrogen-bond acceptors (Lipinski definition) is 1. The van der Waals surface area contributed by atoms with E-state index in [1.54, 1.807) is 24.3 Å². The summed E-state index contributed by atoms with van der Waals surface area (Å²) < 4.78 is 41.2. The fourth-order valence-corrected chi connectivity index (χ4v) is 1.19. The molecule has 0 spiro atoms. The van der Waals surface area contributed by atoms with E-state index < -0.39 is 19.1 Å². The van der Waals surface area contributed by atoms with Crippen molar-refractivity contribution in [2.24, 2.45) is 0 Å². The molecule has 0 heterocycles. The smallest absolute Gasteiger partial charge is 0.445 e. The van der Waals surface area contributed by atoms with E-state index in [9.17, 15) is 12.9 Å². The molecule has 0 fully saturated rings. The number of halogens is 4. The first-order chi connectivity index (χ1) is 7.41. The molecule has 0 aliphatic carbocycles. The van der Waals surface area contributed by atoms with Crippen LogP contribution in [0.2, 0.25) is 5.02 Å². The van der Waals surface area contributed by atoms with Gasteiger partial charge >= 0.3 is 58.4 Å². The molecule has 0 aliphatic rings. The van der Waals surface area contributed by atoms with Gasteiger partial charge in [0.1, 0.15) is 0 Å². The zero-order valence-electron chi connectivity index (χ0n) is 9.43. The van der Waals surface area contributed by atoms with Gasteiger partial charge in [0, 0.05) is 11.6 Å². The molecular weight excluding hydrogens is 278 g/mol. The van der Waals surface area contributed by atoms with Crippen LogP contribution < -0.4 is 51.4 Å². The summed E-state index contributed by atoms with van der Waals surface area (Å²) in [7, 11) is 0. The van der Waals surface area contributed by atoms with Crippen molar-refractivity contribution >= 4 is 18.6 Å². The number of ether oxygens (including phenoxy) is 1. The van der Waals surface area contributed by atoms with Crippen LogP contribution in [0.15, 0.2) is 36.3 Å². The average molecular weight is 289 g/mol. The molecule has 1 rings (SSSR count). The summed E-state index contributed by atoms with van der Waals surface area (Å²) in [5, 5.41) is 0.477. The van der Waals surface area contributed by atoms with E-state index in [-0.39, 0.29) is 58.0 Å². The van der Waals surface area contributed by atoms with Crippen molar-refractivity contribution in [3.05, 3.63) is 46.9 Å². The van der Waals surface area contributed by atoms with Crippen molar-refractivity contribution in [2.45, 2.75) is 6.61 Å². The molecule has 1 nitrogen and oxygen atoms in total. The Bertz CT molecular complexity index is 384. The Balaban J connectivity index is 0.00000256. The minimum absolute atomic E-state index is 0. The van der Waals surface area contributed by atoms with Crippen LogP contribution in [-0.2, 0) is 11.3 Å². The van der Waals surface area contributed by atoms with Crippen LogP contribution in [-0.4, -0.2) is 13.6 Å². The van der Waals surface area contributed by atoms with Crippen molar-refractivity contribution in [1.29, 1.82) is 0 Å². The molecule has 0 aromatic heterocycles. The fraction of sp³-hybridized carbons (Fsp3) is 0.200. The Hall–Kier alpha value is 0.701. The third-order valence-corrected chi connectivity index (χ3v) is 2.33. The molecule has 1 aromatic rings. The standard InChI is InChI=1S/C10H10BClF3O.K/c1-8(11(13,14)15)6-16-7-9-4-2-3-5-10(9)12;/h2-5H,1,6-7H2;/q-1;+1. The maximum Gasteiger partial charge on any atom is 1.00 e. The monoisotopic (exact) mass is 288 g/mol. The van der Waals surface area contributed by atoms with Gasteiger partial charge in [0.2, 0.25) is 0 Å². The topological polar surface area (TPSA) is 9.23 Å². The first-order valence-electron chi connectivity index (χ1n) is 4.60. The molecule has 17 heavy (non-hydrogen) atoms. The van der Waals surface area contributed by atoms with Crippen LogP contribution >= 0.6 is 11.6 Å². The minimum atomic E-state index is -5.02. The third kappa shape index (κ3) is 6.43. The number of rotatable bonds is 5. The summed E-state index contributed by atoms with van der Waals surface area (Å²) in [5.74, 6) is 0. The summed E-state index contributed by atoms with van der Waals surface area (Å²) >= 11 is 5.81. The number of benzene rings is 1. The average Bonchev–Trinajstić information content (AvgIpc) is 2.19. The molecule has 0 unspecified atom stereocenters. The second kappa shape index (κ2) is 7.99. The Morgan fingerprint density at radius 2 is 1.88 bits per heavy atom. The van der Waals surface area contributed by atoms with Crippen molar-refractivity contribution < 1.29 is 69.1 Å². The molecule has 7 heteroatoms. The van der Waals surface area contributed by atoms with E-state index in [0.29, 0.717) is 10.6 Å². The summed E-state index contributed by atoms with van der Waals surface area (Å²) in [4.78, 5) is 0.